The highest BCUT2D eigenvalue weighted by atomic mass is 35.5. The Balaban J connectivity index is 1.95. The molecule has 8 heteroatoms. The molecule has 3 rings (SSSR count). The third kappa shape index (κ3) is 8.39. The standard InChI is InChI=1S/C29H31Cl3N2O3/c1-19(2)16-33-29(36)27(15-21-8-5-4-6-9-21)34(17-23-25(31)10-7-11-26(23)32)28(35)18-37-22-12-13-24(30)20(3)14-22/h4-14,19,27H,15-18H2,1-3H3,(H,33,36)/t27-/m1/s1. The summed E-state index contributed by atoms with van der Waals surface area (Å²) in [6.45, 7) is 6.15. The molecule has 0 spiro atoms. The third-order valence-electron chi connectivity index (χ3n) is 5.84. The Hall–Kier alpha value is -2.73. The maximum absolute atomic E-state index is 13.7. The van der Waals surface area contributed by atoms with Crippen molar-refractivity contribution in [2.24, 2.45) is 5.92 Å². The molecule has 0 heterocycles. The molecule has 0 aromatic heterocycles. The molecule has 0 unspecified atom stereocenters. The summed E-state index contributed by atoms with van der Waals surface area (Å²) in [7, 11) is 0. The van der Waals surface area contributed by atoms with Crippen LogP contribution in [0.5, 0.6) is 5.75 Å². The van der Waals surface area contributed by atoms with Gasteiger partial charge in [-0.3, -0.25) is 9.59 Å². The smallest absolute Gasteiger partial charge is 0.261 e. The topological polar surface area (TPSA) is 58.6 Å². The summed E-state index contributed by atoms with van der Waals surface area (Å²) in [5.41, 5.74) is 2.32. The minimum atomic E-state index is -0.809. The lowest BCUT2D eigenvalue weighted by Crippen LogP contribution is -2.52. The van der Waals surface area contributed by atoms with E-state index in [-0.39, 0.29) is 30.9 Å². The van der Waals surface area contributed by atoms with Crippen LogP contribution in [-0.4, -0.2) is 35.9 Å². The van der Waals surface area contributed by atoms with Gasteiger partial charge in [0.2, 0.25) is 5.91 Å². The highest BCUT2D eigenvalue weighted by Gasteiger charge is 2.31. The van der Waals surface area contributed by atoms with Crippen LogP contribution < -0.4 is 10.1 Å². The number of carbonyl (C=O) groups is 2. The van der Waals surface area contributed by atoms with Gasteiger partial charge in [0.1, 0.15) is 11.8 Å². The Morgan fingerprint density at radius 2 is 1.59 bits per heavy atom. The molecular weight excluding hydrogens is 531 g/mol. The van der Waals surface area contributed by atoms with Crippen LogP contribution in [0.25, 0.3) is 0 Å². The molecule has 37 heavy (non-hydrogen) atoms. The SMILES string of the molecule is Cc1cc(OCC(=O)N(Cc2c(Cl)cccc2Cl)[C@H](Cc2ccccc2)C(=O)NCC(C)C)ccc1Cl. The summed E-state index contributed by atoms with van der Waals surface area (Å²) in [5, 5.41) is 4.43. The van der Waals surface area contributed by atoms with Gasteiger partial charge < -0.3 is 15.0 Å². The van der Waals surface area contributed by atoms with Crippen LogP contribution in [0.15, 0.2) is 66.7 Å². The van der Waals surface area contributed by atoms with E-state index in [1.165, 1.54) is 4.90 Å². The molecule has 0 saturated carbocycles. The molecule has 2 amide bonds. The first-order valence-corrected chi connectivity index (χ1v) is 13.2. The molecule has 1 N–H and O–H groups in total. The van der Waals surface area contributed by atoms with Gasteiger partial charge in [-0.15, -0.1) is 0 Å². The lowest BCUT2D eigenvalue weighted by molar-refractivity contribution is -0.142. The largest absolute Gasteiger partial charge is 0.484 e. The van der Waals surface area contributed by atoms with Gasteiger partial charge in [-0.05, 0) is 54.3 Å². The highest BCUT2D eigenvalue weighted by Crippen LogP contribution is 2.27. The Labute approximate surface area is 233 Å². The number of rotatable bonds is 11. The first-order valence-electron chi connectivity index (χ1n) is 12.1. The van der Waals surface area contributed by atoms with Crippen LogP contribution in [0.2, 0.25) is 15.1 Å². The zero-order valence-electron chi connectivity index (χ0n) is 21.1. The number of aryl methyl sites for hydroxylation is 1. The quantitative estimate of drug-likeness (QED) is 0.282. The summed E-state index contributed by atoms with van der Waals surface area (Å²) in [4.78, 5) is 28.7. The zero-order valence-corrected chi connectivity index (χ0v) is 23.4. The van der Waals surface area contributed by atoms with Crippen molar-refractivity contribution in [1.29, 1.82) is 0 Å². The summed E-state index contributed by atoms with van der Waals surface area (Å²) in [6.07, 6.45) is 0.318. The van der Waals surface area contributed by atoms with E-state index in [0.717, 1.165) is 11.1 Å². The summed E-state index contributed by atoms with van der Waals surface area (Å²) in [6, 6.07) is 19.1. The van der Waals surface area contributed by atoms with Gasteiger partial charge in [0.05, 0.1) is 0 Å². The lowest BCUT2D eigenvalue weighted by atomic mass is 10.0. The molecule has 5 nitrogen and oxygen atoms in total. The number of halogens is 3. The maximum Gasteiger partial charge on any atom is 0.261 e. The van der Waals surface area contributed by atoms with E-state index in [2.05, 4.69) is 5.32 Å². The number of ether oxygens (including phenoxy) is 1. The Bertz CT molecular complexity index is 1200. The van der Waals surface area contributed by atoms with Crippen molar-refractivity contribution in [3.8, 4) is 5.75 Å². The second kappa shape index (κ2) is 13.7. The zero-order chi connectivity index (χ0) is 26.9. The van der Waals surface area contributed by atoms with Crippen molar-refractivity contribution in [1.82, 2.24) is 10.2 Å². The molecule has 0 aliphatic heterocycles. The van der Waals surface area contributed by atoms with Crippen LogP contribution >= 0.6 is 34.8 Å². The number of hydrogen-bond acceptors (Lipinski definition) is 3. The summed E-state index contributed by atoms with van der Waals surface area (Å²) in [5.74, 6) is 0.135. The van der Waals surface area contributed by atoms with Crippen LogP contribution in [0, 0.1) is 12.8 Å². The van der Waals surface area contributed by atoms with E-state index in [0.29, 0.717) is 39.3 Å². The summed E-state index contributed by atoms with van der Waals surface area (Å²) >= 11 is 19.0. The number of carbonyl (C=O) groups excluding carboxylic acids is 2. The first-order chi connectivity index (χ1) is 17.7. The van der Waals surface area contributed by atoms with Crippen LogP contribution in [0.4, 0.5) is 0 Å². The number of nitrogens with zero attached hydrogens (tertiary/aromatic N) is 1. The highest BCUT2D eigenvalue weighted by molar-refractivity contribution is 6.36. The van der Waals surface area contributed by atoms with Crippen LogP contribution in [0.1, 0.15) is 30.5 Å². The van der Waals surface area contributed by atoms with Crippen molar-refractivity contribution >= 4 is 46.6 Å². The number of nitrogens with one attached hydrogen (secondary N) is 1. The predicted molar refractivity (Wildman–Crippen MR) is 150 cm³/mol. The van der Waals surface area contributed by atoms with Crippen molar-refractivity contribution in [2.45, 2.75) is 39.8 Å². The molecule has 3 aromatic rings. The van der Waals surface area contributed by atoms with E-state index in [1.54, 1.807) is 36.4 Å². The molecule has 0 fully saturated rings. The van der Waals surface area contributed by atoms with E-state index in [1.807, 2.05) is 51.1 Å². The molecule has 0 bridgehead atoms. The molecule has 196 valence electrons. The van der Waals surface area contributed by atoms with E-state index in [9.17, 15) is 9.59 Å². The van der Waals surface area contributed by atoms with Crippen LogP contribution in [0.3, 0.4) is 0 Å². The van der Waals surface area contributed by atoms with Gasteiger partial charge in [0.25, 0.3) is 5.91 Å². The molecule has 0 aliphatic rings. The first kappa shape index (κ1) is 28.8. The van der Waals surface area contributed by atoms with Gasteiger partial charge in [0, 0.05) is 40.1 Å². The minimum absolute atomic E-state index is 0.0486. The molecule has 3 aromatic carbocycles. The van der Waals surface area contributed by atoms with E-state index in [4.69, 9.17) is 39.5 Å². The fraction of sp³-hybridized carbons (Fsp3) is 0.310. The molecule has 0 aliphatic carbocycles. The number of hydrogen-bond donors (Lipinski definition) is 1. The average Bonchev–Trinajstić information content (AvgIpc) is 2.87. The fourth-order valence-electron chi connectivity index (χ4n) is 3.77. The van der Waals surface area contributed by atoms with Crippen molar-refractivity contribution in [3.05, 3.63) is 98.5 Å². The van der Waals surface area contributed by atoms with Gasteiger partial charge in [-0.2, -0.15) is 0 Å². The summed E-state index contributed by atoms with van der Waals surface area (Å²) < 4.78 is 5.81. The predicted octanol–water partition coefficient (Wildman–Crippen LogP) is 6.75. The van der Waals surface area contributed by atoms with Gasteiger partial charge in [-0.25, -0.2) is 0 Å². The third-order valence-corrected chi connectivity index (χ3v) is 6.97. The van der Waals surface area contributed by atoms with E-state index < -0.39 is 6.04 Å². The molecule has 0 saturated heterocycles. The second-order valence-corrected chi connectivity index (χ2v) is 10.5. The fourth-order valence-corrected chi connectivity index (χ4v) is 4.40. The molecule has 1 atom stereocenters. The van der Waals surface area contributed by atoms with Crippen molar-refractivity contribution in [3.63, 3.8) is 0 Å². The van der Waals surface area contributed by atoms with E-state index >= 15 is 0 Å². The molecular formula is C29H31Cl3N2O3. The Morgan fingerprint density at radius 3 is 2.22 bits per heavy atom. The van der Waals surface area contributed by atoms with Crippen LogP contribution in [-0.2, 0) is 22.6 Å². The lowest BCUT2D eigenvalue weighted by Gasteiger charge is -2.32. The normalized spacial score (nSPS) is 11.8. The van der Waals surface area contributed by atoms with Gasteiger partial charge in [-0.1, -0.05) is 85.0 Å². The number of amides is 2. The Kier molecular flexibility index (Phi) is 10.7. The second-order valence-electron chi connectivity index (χ2n) is 9.27. The maximum atomic E-state index is 13.7. The van der Waals surface area contributed by atoms with Gasteiger partial charge in [0.15, 0.2) is 6.61 Å². The van der Waals surface area contributed by atoms with Gasteiger partial charge >= 0.3 is 0 Å². The van der Waals surface area contributed by atoms with Crippen molar-refractivity contribution < 1.29 is 14.3 Å². The van der Waals surface area contributed by atoms with Crippen molar-refractivity contribution in [2.75, 3.05) is 13.2 Å². The Morgan fingerprint density at radius 1 is 0.919 bits per heavy atom. The monoisotopic (exact) mass is 560 g/mol. The average molecular weight is 562 g/mol. The minimum Gasteiger partial charge on any atom is -0.484 e. The number of benzene rings is 3. The molecule has 0 radical (unpaired) electrons.